The molecule has 4 N–H and O–H groups in total. The van der Waals surface area contributed by atoms with E-state index in [1.54, 1.807) is 48.7 Å². The lowest BCUT2D eigenvalue weighted by molar-refractivity contribution is -0.119. The number of primary amides is 1. The van der Waals surface area contributed by atoms with Crippen LogP contribution in [0.4, 0.5) is 0 Å². The summed E-state index contributed by atoms with van der Waals surface area (Å²) in [4.78, 5) is 19.8. The molecule has 6 heteroatoms. The standard InChI is InChI=1S/C18H19N3O3/c19-18(24)15(21-12-14-6-2-4-8-17(14)23)9-10-20-11-13-5-1-3-7-16(13)22/h1-8,11-12,15,22-23H,9-10H2,(H2,19,24). The second-order valence-electron chi connectivity index (χ2n) is 5.14. The van der Waals surface area contributed by atoms with Crippen molar-refractivity contribution in [2.45, 2.75) is 12.5 Å². The number of hydrogen-bond acceptors (Lipinski definition) is 5. The van der Waals surface area contributed by atoms with Crippen LogP contribution in [-0.2, 0) is 4.79 Å². The lowest BCUT2D eigenvalue weighted by Crippen LogP contribution is -2.27. The third-order valence-corrected chi connectivity index (χ3v) is 3.36. The van der Waals surface area contributed by atoms with E-state index in [4.69, 9.17) is 5.73 Å². The number of aromatic hydroxyl groups is 2. The van der Waals surface area contributed by atoms with Gasteiger partial charge >= 0.3 is 0 Å². The Hall–Kier alpha value is -3.15. The van der Waals surface area contributed by atoms with Crippen molar-refractivity contribution in [3.8, 4) is 11.5 Å². The van der Waals surface area contributed by atoms with Gasteiger partial charge in [0.15, 0.2) is 0 Å². The van der Waals surface area contributed by atoms with Crippen molar-refractivity contribution < 1.29 is 15.0 Å². The van der Waals surface area contributed by atoms with Gasteiger partial charge in [0.05, 0.1) is 0 Å². The van der Waals surface area contributed by atoms with Crippen LogP contribution in [0.15, 0.2) is 58.5 Å². The molecule has 0 aliphatic rings. The fraction of sp³-hybridized carbons (Fsp3) is 0.167. The van der Waals surface area contributed by atoms with Crippen molar-refractivity contribution in [1.82, 2.24) is 0 Å². The smallest absolute Gasteiger partial charge is 0.242 e. The van der Waals surface area contributed by atoms with Gasteiger partial charge in [0, 0.05) is 30.1 Å². The molecule has 0 aromatic heterocycles. The van der Waals surface area contributed by atoms with Crippen LogP contribution >= 0.6 is 0 Å². The van der Waals surface area contributed by atoms with Crippen molar-refractivity contribution >= 4 is 18.3 Å². The summed E-state index contributed by atoms with van der Waals surface area (Å²) < 4.78 is 0. The van der Waals surface area contributed by atoms with Crippen LogP contribution in [-0.4, -0.2) is 41.1 Å². The first-order valence-corrected chi connectivity index (χ1v) is 7.46. The Kier molecular flexibility index (Phi) is 6.08. The highest BCUT2D eigenvalue weighted by atomic mass is 16.3. The zero-order chi connectivity index (χ0) is 17.4. The minimum atomic E-state index is -0.730. The summed E-state index contributed by atoms with van der Waals surface area (Å²) in [6.45, 7) is 0.333. The summed E-state index contributed by atoms with van der Waals surface area (Å²) >= 11 is 0. The lowest BCUT2D eigenvalue weighted by Gasteiger charge is -2.06. The normalized spacial score (nSPS) is 12.7. The highest BCUT2D eigenvalue weighted by molar-refractivity contribution is 5.87. The highest BCUT2D eigenvalue weighted by Gasteiger charge is 2.12. The van der Waals surface area contributed by atoms with Gasteiger partial charge in [0.25, 0.3) is 0 Å². The monoisotopic (exact) mass is 325 g/mol. The van der Waals surface area contributed by atoms with Gasteiger partial charge in [-0.2, -0.15) is 0 Å². The third-order valence-electron chi connectivity index (χ3n) is 3.36. The van der Waals surface area contributed by atoms with Crippen LogP contribution in [0.1, 0.15) is 17.5 Å². The van der Waals surface area contributed by atoms with Gasteiger partial charge in [-0.1, -0.05) is 24.3 Å². The average Bonchev–Trinajstić information content (AvgIpc) is 2.56. The first-order chi connectivity index (χ1) is 11.6. The van der Waals surface area contributed by atoms with Crippen LogP contribution in [0.3, 0.4) is 0 Å². The lowest BCUT2D eigenvalue weighted by atomic mass is 10.2. The fourth-order valence-corrected chi connectivity index (χ4v) is 2.01. The average molecular weight is 325 g/mol. The van der Waals surface area contributed by atoms with Crippen LogP contribution in [0, 0.1) is 0 Å². The van der Waals surface area contributed by atoms with Gasteiger partial charge < -0.3 is 15.9 Å². The zero-order valence-electron chi connectivity index (χ0n) is 13.0. The number of phenols is 2. The van der Waals surface area contributed by atoms with Crippen molar-refractivity contribution in [2.24, 2.45) is 15.7 Å². The Morgan fingerprint density at radius 1 is 1.00 bits per heavy atom. The summed E-state index contributed by atoms with van der Waals surface area (Å²) in [7, 11) is 0. The molecular formula is C18H19N3O3. The topological polar surface area (TPSA) is 108 Å². The molecule has 0 bridgehead atoms. The Labute approximate surface area is 140 Å². The number of carbonyl (C=O) groups excluding carboxylic acids is 1. The highest BCUT2D eigenvalue weighted by Crippen LogP contribution is 2.14. The minimum Gasteiger partial charge on any atom is -0.507 e. The van der Waals surface area contributed by atoms with Crippen molar-refractivity contribution in [3.63, 3.8) is 0 Å². The number of nitrogens with zero attached hydrogens (tertiary/aromatic N) is 2. The predicted molar refractivity (Wildman–Crippen MR) is 93.9 cm³/mol. The van der Waals surface area contributed by atoms with E-state index in [1.165, 1.54) is 12.3 Å². The first-order valence-electron chi connectivity index (χ1n) is 7.46. The van der Waals surface area contributed by atoms with Gasteiger partial charge in [-0.05, 0) is 30.7 Å². The number of aliphatic imine (C=N–C) groups is 2. The van der Waals surface area contributed by atoms with Crippen molar-refractivity contribution in [2.75, 3.05) is 6.54 Å². The summed E-state index contributed by atoms with van der Waals surface area (Å²) in [6.07, 6.45) is 3.31. The number of rotatable bonds is 7. The molecule has 124 valence electrons. The van der Waals surface area contributed by atoms with Crippen LogP contribution < -0.4 is 5.73 Å². The Morgan fingerprint density at radius 3 is 2.08 bits per heavy atom. The molecule has 0 saturated heterocycles. The van der Waals surface area contributed by atoms with E-state index in [0.29, 0.717) is 24.1 Å². The maximum Gasteiger partial charge on any atom is 0.242 e. The van der Waals surface area contributed by atoms with Gasteiger partial charge in [-0.15, -0.1) is 0 Å². The summed E-state index contributed by atoms with van der Waals surface area (Å²) in [5.74, 6) is -0.327. The van der Waals surface area contributed by atoms with E-state index in [-0.39, 0.29) is 11.5 Å². The molecule has 1 unspecified atom stereocenters. The molecule has 2 aromatic carbocycles. The molecule has 0 fully saturated rings. The summed E-state index contributed by atoms with van der Waals surface area (Å²) in [6, 6.07) is 12.8. The Balaban J connectivity index is 1.96. The SMILES string of the molecule is NC(=O)C(CCN=Cc1ccccc1O)N=Cc1ccccc1O. The molecule has 0 aliphatic heterocycles. The van der Waals surface area contributed by atoms with E-state index < -0.39 is 11.9 Å². The molecule has 1 amide bonds. The molecule has 1 atom stereocenters. The van der Waals surface area contributed by atoms with Gasteiger partial charge in [0.1, 0.15) is 17.5 Å². The van der Waals surface area contributed by atoms with Crippen molar-refractivity contribution in [3.05, 3.63) is 59.7 Å². The quantitative estimate of drug-likeness (QED) is 0.676. The van der Waals surface area contributed by atoms with E-state index >= 15 is 0 Å². The van der Waals surface area contributed by atoms with Crippen LogP contribution in [0.25, 0.3) is 0 Å². The number of amides is 1. The van der Waals surface area contributed by atoms with Gasteiger partial charge in [-0.3, -0.25) is 14.8 Å². The third kappa shape index (κ3) is 4.95. The Bertz CT molecular complexity index is 757. The molecule has 0 aliphatic carbocycles. The molecule has 2 rings (SSSR count). The van der Waals surface area contributed by atoms with E-state index in [2.05, 4.69) is 9.98 Å². The van der Waals surface area contributed by atoms with Gasteiger partial charge in [0.2, 0.25) is 5.91 Å². The molecule has 0 spiro atoms. The second kappa shape index (κ2) is 8.47. The van der Waals surface area contributed by atoms with Crippen LogP contribution in [0.5, 0.6) is 11.5 Å². The molecule has 0 heterocycles. The molecule has 0 radical (unpaired) electrons. The number of para-hydroxylation sites is 2. The summed E-state index contributed by atoms with van der Waals surface area (Å²) in [5, 5.41) is 19.3. The zero-order valence-corrected chi connectivity index (χ0v) is 13.0. The molecular weight excluding hydrogens is 306 g/mol. The van der Waals surface area contributed by atoms with Gasteiger partial charge in [-0.25, -0.2) is 0 Å². The van der Waals surface area contributed by atoms with E-state index in [9.17, 15) is 15.0 Å². The summed E-state index contributed by atoms with van der Waals surface area (Å²) in [5.41, 5.74) is 6.47. The first kappa shape index (κ1) is 17.2. The number of phenolic OH excluding ortho intramolecular Hbond substituents is 2. The number of carbonyl (C=O) groups is 1. The molecule has 24 heavy (non-hydrogen) atoms. The fourth-order valence-electron chi connectivity index (χ4n) is 2.01. The second-order valence-corrected chi connectivity index (χ2v) is 5.14. The van der Waals surface area contributed by atoms with E-state index in [0.717, 1.165) is 0 Å². The maximum absolute atomic E-state index is 11.5. The van der Waals surface area contributed by atoms with Crippen LogP contribution in [0.2, 0.25) is 0 Å². The Morgan fingerprint density at radius 2 is 1.54 bits per heavy atom. The molecule has 2 aromatic rings. The maximum atomic E-state index is 11.5. The predicted octanol–water partition coefficient (Wildman–Crippen LogP) is 1.88. The number of nitrogens with two attached hydrogens (primary N) is 1. The van der Waals surface area contributed by atoms with E-state index in [1.807, 2.05) is 0 Å². The molecule has 6 nitrogen and oxygen atoms in total. The van der Waals surface area contributed by atoms with Crippen molar-refractivity contribution in [1.29, 1.82) is 0 Å². The number of benzene rings is 2. The number of hydrogen-bond donors (Lipinski definition) is 3. The minimum absolute atomic E-state index is 0.0852. The largest absolute Gasteiger partial charge is 0.507 e. The molecule has 0 saturated carbocycles.